The van der Waals surface area contributed by atoms with Gasteiger partial charge < -0.3 is 71.8 Å². The Hall–Kier alpha value is -5.87. The number of hydrogen-bond acceptors (Lipinski definition) is 18. The average Bonchev–Trinajstić information content (AvgIpc) is 0.919. The molecule has 0 unspecified atom stereocenters. The quantitative estimate of drug-likeness (QED) is 0.0546. The van der Waals surface area contributed by atoms with Gasteiger partial charge in [0.1, 0.15) is 46.3 Å². The summed E-state index contributed by atoms with van der Waals surface area (Å²) in [5.74, 6) is 3.55. The molecule has 2 saturated heterocycles. The number of ketones is 8. The monoisotopic (exact) mass is 1550 g/mol. The molecule has 0 N–H and O–H groups in total. The molecule has 19 nitrogen and oxygen atoms in total. The first-order valence-corrected chi connectivity index (χ1v) is 39.6. The molecule has 19 heteroatoms. The zero-order valence-corrected chi connectivity index (χ0v) is 72.8. The second-order valence-electron chi connectivity index (χ2n) is 25.4. The predicted octanol–water partition coefficient (Wildman–Crippen LogP) is 18.8. The maximum absolute atomic E-state index is 10.9. The number of amides is 1. The Bertz CT molecular complexity index is 2340. The highest BCUT2D eigenvalue weighted by molar-refractivity contribution is 5.83. The molecule has 3 fully saturated rings. The summed E-state index contributed by atoms with van der Waals surface area (Å²) in [7, 11) is 10.4. The summed E-state index contributed by atoms with van der Waals surface area (Å²) in [5.41, 5.74) is 4.12. The number of Topliss-reactive ketones (excluding diaryl/α,β-unsaturated/α-hetero) is 8. The summed E-state index contributed by atoms with van der Waals surface area (Å²) in [5, 5.41) is 0. The van der Waals surface area contributed by atoms with Gasteiger partial charge in [0.25, 0.3) is 0 Å². The molecule has 2 heterocycles. The number of ether oxygens (including phenoxy) is 6. The van der Waals surface area contributed by atoms with Crippen LogP contribution in [0.25, 0.3) is 0 Å². The Balaban J connectivity index is -0.000000124. The van der Waals surface area contributed by atoms with Crippen LogP contribution in [0.1, 0.15) is 266 Å². The van der Waals surface area contributed by atoms with Crippen LogP contribution in [-0.4, -0.2) is 213 Å². The van der Waals surface area contributed by atoms with E-state index in [2.05, 4.69) is 75.4 Å². The van der Waals surface area contributed by atoms with E-state index < -0.39 is 0 Å². The zero-order chi connectivity index (χ0) is 83.3. The molecule has 1 saturated carbocycles. The molecular formula is C90H168N4O15. The fourth-order valence-electron chi connectivity index (χ4n) is 9.13. The lowest BCUT2D eigenvalue weighted by atomic mass is 9.79. The standard InChI is InChI=1S/C12H22O2.C10H20N2O2.2C10H14O.C9H12O.C8H16N2O2.C6H10O2.C5H10O.3C4H8O.3C2H6.2CH4/c1-10(13)9-12-5-3-11(4-6-12)7-8-14-2;1-10(13)3-4-11-5-7-12(8-6-11)9-14-2;2*1-11-9-5-8-10-6-3-2-4-7-10;1-10-8-7-9-5-3-2-4-6-9;1-8(11)10-5-3-9(4-6-10)7-12-2;1-5(7)3-4-6(2)8;1-3-4-5(2)6;3*1-3-4(2)5;3*1-2;;/h11-12H,3-9H2,1-2H3;3-9H2,1-2H3;2*2-4,6-7H,5,8-9H2,1H3;2-6H,7-8H2,1H3;3-7H2,1-2H3;3-4H2,1-2H3;3-4H2,1-2H3;3*3H2,1-2H3;3*1-2H3;2*1H4. The molecule has 6 rings (SSSR count). The second kappa shape index (κ2) is 98.2. The minimum Gasteiger partial charge on any atom is -0.385 e. The average molecular weight is 1550 g/mol. The Morgan fingerprint density at radius 2 is 0.633 bits per heavy atom. The molecule has 0 bridgehead atoms. The Morgan fingerprint density at radius 1 is 0.339 bits per heavy atom. The summed E-state index contributed by atoms with van der Waals surface area (Å²) in [4.78, 5) is 101. The molecule has 1 aliphatic carbocycles. The third-order valence-corrected chi connectivity index (χ3v) is 15.6. The molecular weight excluding hydrogens is 1380 g/mol. The lowest BCUT2D eigenvalue weighted by Gasteiger charge is -2.33. The van der Waals surface area contributed by atoms with Gasteiger partial charge in [0.2, 0.25) is 5.91 Å². The van der Waals surface area contributed by atoms with Crippen molar-refractivity contribution in [2.45, 2.75) is 268 Å². The van der Waals surface area contributed by atoms with Gasteiger partial charge in [-0.3, -0.25) is 19.4 Å². The maximum atomic E-state index is 10.9. The van der Waals surface area contributed by atoms with Crippen LogP contribution < -0.4 is 0 Å². The van der Waals surface area contributed by atoms with Crippen LogP contribution in [0.5, 0.6) is 0 Å². The molecule has 0 radical (unpaired) electrons. The molecule has 1 amide bonds. The van der Waals surface area contributed by atoms with E-state index in [1.807, 2.05) is 104 Å². The number of nitrogens with zero attached hydrogens (tertiary/aromatic N) is 4. The highest BCUT2D eigenvalue weighted by Crippen LogP contribution is 2.32. The van der Waals surface area contributed by atoms with Gasteiger partial charge in [0, 0.05) is 180 Å². The number of rotatable bonds is 31. The van der Waals surface area contributed by atoms with Gasteiger partial charge in [-0.05, 0) is 142 Å². The number of methoxy groups -OCH3 is 6. The van der Waals surface area contributed by atoms with Gasteiger partial charge in [0.15, 0.2) is 0 Å². The van der Waals surface area contributed by atoms with Crippen molar-refractivity contribution in [3.8, 4) is 0 Å². The van der Waals surface area contributed by atoms with E-state index in [9.17, 15) is 43.2 Å². The van der Waals surface area contributed by atoms with Crippen LogP contribution in [0.4, 0.5) is 0 Å². The fraction of sp³-hybridized carbons (Fsp3) is 0.700. The highest BCUT2D eigenvalue weighted by Gasteiger charge is 2.22. The van der Waals surface area contributed by atoms with E-state index in [1.54, 1.807) is 91.1 Å². The van der Waals surface area contributed by atoms with Gasteiger partial charge in [-0.1, -0.05) is 188 Å². The van der Waals surface area contributed by atoms with Crippen LogP contribution >= 0.6 is 0 Å². The third-order valence-electron chi connectivity index (χ3n) is 15.6. The minimum atomic E-state index is 0. The number of hydrogen-bond donors (Lipinski definition) is 0. The molecule has 3 aromatic rings. The van der Waals surface area contributed by atoms with Crippen LogP contribution in [0.15, 0.2) is 91.0 Å². The normalized spacial score (nSPS) is 13.5. The topological polar surface area (TPSA) is 222 Å². The van der Waals surface area contributed by atoms with Crippen LogP contribution in [0.3, 0.4) is 0 Å². The molecule has 638 valence electrons. The number of carbonyl (C=O) groups excluding carboxylic acids is 9. The van der Waals surface area contributed by atoms with Gasteiger partial charge >= 0.3 is 0 Å². The molecule has 3 aromatic carbocycles. The lowest BCUT2D eigenvalue weighted by molar-refractivity contribution is -0.131. The van der Waals surface area contributed by atoms with Crippen LogP contribution in [0, 0.1) is 11.8 Å². The van der Waals surface area contributed by atoms with Crippen molar-refractivity contribution >= 4 is 52.2 Å². The number of carbonyl (C=O) groups is 9. The minimum absolute atomic E-state index is 0. The summed E-state index contributed by atoms with van der Waals surface area (Å²) in [6, 6.07) is 31.3. The maximum Gasteiger partial charge on any atom is 0.219 e. The molecule has 0 aromatic heterocycles. The Morgan fingerprint density at radius 3 is 0.890 bits per heavy atom. The van der Waals surface area contributed by atoms with E-state index in [0.717, 1.165) is 149 Å². The molecule has 2 aliphatic heterocycles. The lowest BCUT2D eigenvalue weighted by Crippen LogP contribution is -2.48. The predicted molar refractivity (Wildman–Crippen MR) is 460 cm³/mol. The SMILES string of the molecule is C.C.CC.CC.CC.CC(=O)CCC(C)=O.CCC(C)=O.CCC(C)=O.CCC(C)=O.CCCC(C)=O.COCCC1CCC(CC(C)=O)CC1.COCCCc1ccccc1.COCCCc1ccccc1.COCCc1ccccc1.COCN1CCN(C(C)=O)CC1.COCN1CCN(CCC(C)=O)CC1. The Labute approximate surface area is 669 Å². The van der Waals surface area contributed by atoms with Crippen LogP contribution in [0.2, 0.25) is 0 Å². The molecule has 3 aliphatic rings. The van der Waals surface area contributed by atoms with E-state index in [4.69, 9.17) is 28.4 Å². The molecule has 109 heavy (non-hydrogen) atoms. The van der Waals surface area contributed by atoms with Crippen molar-refractivity contribution in [2.24, 2.45) is 11.8 Å². The van der Waals surface area contributed by atoms with Gasteiger partial charge in [0.05, 0.1) is 20.1 Å². The zero-order valence-electron chi connectivity index (χ0n) is 72.8. The summed E-state index contributed by atoms with van der Waals surface area (Å²) in [6.45, 7) is 47.3. The van der Waals surface area contributed by atoms with Crippen molar-refractivity contribution in [2.75, 3.05) is 141 Å². The summed E-state index contributed by atoms with van der Waals surface area (Å²) in [6.07, 6.45) is 17.7. The molecule has 0 atom stereocenters. The first-order chi connectivity index (χ1) is 51.2. The van der Waals surface area contributed by atoms with Gasteiger partial charge in [-0.15, -0.1) is 0 Å². The van der Waals surface area contributed by atoms with Crippen molar-refractivity contribution < 1.29 is 71.6 Å². The smallest absolute Gasteiger partial charge is 0.219 e. The first-order valence-electron chi connectivity index (χ1n) is 39.6. The largest absolute Gasteiger partial charge is 0.385 e. The summed E-state index contributed by atoms with van der Waals surface area (Å²) >= 11 is 0. The van der Waals surface area contributed by atoms with Gasteiger partial charge in [-0.2, -0.15) is 0 Å². The van der Waals surface area contributed by atoms with Crippen molar-refractivity contribution in [3.63, 3.8) is 0 Å². The highest BCUT2D eigenvalue weighted by atomic mass is 16.5. The van der Waals surface area contributed by atoms with E-state index in [1.165, 1.54) is 62.6 Å². The fourth-order valence-corrected chi connectivity index (χ4v) is 9.13. The first kappa shape index (κ1) is 124. The van der Waals surface area contributed by atoms with E-state index >= 15 is 0 Å². The Kier molecular flexibility index (Phi) is 112. The van der Waals surface area contributed by atoms with Crippen molar-refractivity contribution in [3.05, 3.63) is 108 Å². The number of piperazine rings is 2. The van der Waals surface area contributed by atoms with Crippen LogP contribution in [-0.2, 0) is 90.8 Å². The second-order valence-corrected chi connectivity index (χ2v) is 25.4. The van der Waals surface area contributed by atoms with Crippen molar-refractivity contribution in [1.82, 2.24) is 19.6 Å². The third kappa shape index (κ3) is 104. The van der Waals surface area contributed by atoms with Gasteiger partial charge in [-0.25, -0.2) is 0 Å². The van der Waals surface area contributed by atoms with E-state index in [0.29, 0.717) is 57.0 Å². The summed E-state index contributed by atoms with van der Waals surface area (Å²) < 4.78 is 30.0. The molecule has 0 spiro atoms. The number of aryl methyl sites for hydroxylation is 2. The van der Waals surface area contributed by atoms with E-state index in [-0.39, 0.29) is 61.2 Å². The number of benzene rings is 3. The van der Waals surface area contributed by atoms with Crippen molar-refractivity contribution in [1.29, 1.82) is 0 Å².